The van der Waals surface area contributed by atoms with Gasteiger partial charge in [-0.1, -0.05) is 6.07 Å². The van der Waals surface area contributed by atoms with Crippen LogP contribution in [0.2, 0.25) is 0 Å². The van der Waals surface area contributed by atoms with Crippen molar-refractivity contribution in [3.05, 3.63) is 42.0 Å². The average molecular weight is 542 g/mol. The molecule has 0 unspecified atom stereocenters. The maximum absolute atomic E-state index is 13.5. The molecule has 2 aromatic rings. The number of rotatable bonds is 7. The summed E-state index contributed by atoms with van der Waals surface area (Å²) in [6.07, 6.45) is 6.99. The number of aliphatic hydroxyl groups excluding tert-OH is 1. The molecule has 3 fully saturated rings. The van der Waals surface area contributed by atoms with E-state index in [9.17, 15) is 18.3 Å². The van der Waals surface area contributed by atoms with Crippen molar-refractivity contribution in [2.24, 2.45) is 5.41 Å². The molecule has 1 amide bonds. The van der Waals surface area contributed by atoms with Gasteiger partial charge in [0.1, 0.15) is 11.6 Å². The number of carbonyl (C=O) groups is 1. The highest BCUT2D eigenvalue weighted by molar-refractivity contribution is 7.89. The van der Waals surface area contributed by atoms with Crippen molar-refractivity contribution < 1.29 is 18.3 Å². The van der Waals surface area contributed by atoms with Gasteiger partial charge in [-0.05, 0) is 101 Å². The fraction of sp³-hybridized carbons (Fsp3) is 0.571. The molecule has 2 saturated carbocycles. The summed E-state index contributed by atoms with van der Waals surface area (Å²) in [7, 11) is -3.74. The van der Waals surface area contributed by atoms with Crippen molar-refractivity contribution in [3.63, 3.8) is 0 Å². The Hall–Kier alpha value is -2.69. The van der Waals surface area contributed by atoms with E-state index in [-0.39, 0.29) is 16.8 Å². The second kappa shape index (κ2) is 10.1. The van der Waals surface area contributed by atoms with Crippen molar-refractivity contribution in [3.8, 4) is 0 Å². The minimum atomic E-state index is -3.74. The number of aliphatic hydroxyl groups is 1. The van der Waals surface area contributed by atoms with E-state index >= 15 is 0 Å². The number of nitrogens with one attached hydrogen (secondary N) is 3. The van der Waals surface area contributed by atoms with E-state index < -0.39 is 21.7 Å². The van der Waals surface area contributed by atoms with E-state index in [2.05, 4.69) is 20.3 Å². The van der Waals surface area contributed by atoms with Gasteiger partial charge in [-0.2, -0.15) is 0 Å². The second-order valence-corrected chi connectivity index (χ2v) is 13.8. The summed E-state index contributed by atoms with van der Waals surface area (Å²) in [4.78, 5) is 20.6. The molecule has 1 spiro atoms. The maximum atomic E-state index is 13.5. The SMILES string of the molecule is CC(C)(C)NS(=O)(=O)c1cccc(NC(=O)c2ccc(N[C@H]3CCC[C@H]3O)nc2N2CCC3(CC2)CC3)c1. The molecule has 1 saturated heterocycles. The van der Waals surface area contributed by atoms with Crippen LogP contribution in [0.4, 0.5) is 17.3 Å². The molecule has 206 valence electrons. The number of amides is 1. The first-order valence-electron chi connectivity index (χ1n) is 13.6. The topological polar surface area (TPSA) is 124 Å². The summed E-state index contributed by atoms with van der Waals surface area (Å²) < 4.78 is 28.3. The van der Waals surface area contributed by atoms with Crippen LogP contribution in [0.1, 0.15) is 76.1 Å². The second-order valence-electron chi connectivity index (χ2n) is 12.1. The van der Waals surface area contributed by atoms with Crippen molar-refractivity contribution in [1.29, 1.82) is 0 Å². The molecule has 10 heteroatoms. The Morgan fingerprint density at radius 2 is 1.82 bits per heavy atom. The third-order valence-corrected chi connectivity index (χ3v) is 9.61. The Labute approximate surface area is 225 Å². The zero-order valence-electron chi connectivity index (χ0n) is 22.5. The van der Waals surface area contributed by atoms with Gasteiger partial charge in [0.05, 0.1) is 22.6 Å². The first-order chi connectivity index (χ1) is 17.9. The molecule has 2 aliphatic carbocycles. The lowest BCUT2D eigenvalue weighted by molar-refractivity contribution is 0.102. The van der Waals surface area contributed by atoms with Crippen molar-refractivity contribution in [2.45, 2.75) is 88.3 Å². The zero-order valence-corrected chi connectivity index (χ0v) is 23.3. The minimum absolute atomic E-state index is 0.0440. The summed E-state index contributed by atoms with van der Waals surface area (Å²) in [5, 5.41) is 16.5. The number of carbonyl (C=O) groups excluding carboxylic acids is 1. The monoisotopic (exact) mass is 541 g/mol. The maximum Gasteiger partial charge on any atom is 0.259 e. The number of piperidine rings is 1. The molecule has 3 aliphatic rings. The molecular formula is C28H39N5O4S. The van der Waals surface area contributed by atoms with Crippen LogP contribution in [0.15, 0.2) is 41.3 Å². The molecule has 5 rings (SSSR count). The molecule has 9 nitrogen and oxygen atoms in total. The van der Waals surface area contributed by atoms with Gasteiger partial charge in [0, 0.05) is 24.3 Å². The lowest BCUT2D eigenvalue weighted by Crippen LogP contribution is -2.40. The number of nitrogens with zero attached hydrogens (tertiary/aromatic N) is 2. The molecule has 0 radical (unpaired) electrons. The fourth-order valence-electron chi connectivity index (χ4n) is 5.52. The third-order valence-electron chi connectivity index (χ3n) is 7.86. The summed E-state index contributed by atoms with van der Waals surface area (Å²) in [6.45, 7) is 7.02. The predicted octanol–water partition coefficient (Wildman–Crippen LogP) is 4.12. The Bertz CT molecular complexity index is 1290. The van der Waals surface area contributed by atoms with E-state index in [4.69, 9.17) is 4.98 Å². The number of benzene rings is 1. The molecule has 4 N–H and O–H groups in total. The third kappa shape index (κ3) is 6.13. The Kier molecular flexibility index (Phi) is 7.17. The van der Waals surface area contributed by atoms with E-state index in [1.807, 2.05) is 0 Å². The first-order valence-corrected chi connectivity index (χ1v) is 15.1. The number of sulfonamides is 1. The highest BCUT2D eigenvalue weighted by Gasteiger charge is 2.45. The Morgan fingerprint density at radius 3 is 2.45 bits per heavy atom. The number of aromatic nitrogens is 1. The van der Waals surface area contributed by atoms with Gasteiger partial charge >= 0.3 is 0 Å². The van der Waals surface area contributed by atoms with Crippen molar-refractivity contribution in [1.82, 2.24) is 9.71 Å². The molecule has 1 aliphatic heterocycles. The van der Waals surface area contributed by atoms with Crippen molar-refractivity contribution >= 4 is 33.3 Å². The van der Waals surface area contributed by atoms with Crippen LogP contribution >= 0.6 is 0 Å². The number of hydrogen-bond donors (Lipinski definition) is 4. The van der Waals surface area contributed by atoms with E-state index in [1.54, 1.807) is 45.0 Å². The minimum Gasteiger partial charge on any atom is -0.391 e. The Balaban J connectivity index is 1.39. The van der Waals surface area contributed by atoms with Crippen LogP contribution in [-0.4, -0.2) is 55.2 Å². The molecule has 2 atom stereocenters. The highest BCUT2D eigenvalue weighted by Crippen LogP contribution is 2.54. The number of anilines is 3. The van der Waals surface area contributed by atoms with Crippen LogP contribution in [0.25, 0.3) is 0 Å². The average Bonchev–Trinajstić information content (AvgIpc) is 3.48. The lowest BCUT2D eigenvalue weighted by Gasteiger charge is -2.34. The van der Waals surface area contributed by atoms with Gasteiger partial charge in [0.2, 0.25) is 10.0 Å². The van der Waals surface area contributed by atoms with E-state index in [0.717, 1.165) is 45.2 Å². The van der Waals surface area contributed by atoms with Crippen LogP contribution < -0.4 is 20.3 Å². The Morgan fingerprint density at radius 1 is 1.08 bits per heavy atom. The van der Waals surface area contributed by atoms with Crippen LogP contribution in [0.5, 0.6) is 0 Å². The zero-order chi connectivity index (χ0) is 27.1. The standard InChI is InChI=1S/C28H39N5O4S/c1-27(2,3)32-38(36,37)20-7-4-6-19(18-20)29-26(35)21-10-11-24(30-22-8-5-9-23(22)34)31-25(21)33-16-14-28(12-13-28)15-17-33/h4,6-7,10-11,18,22-23,32,34H,5,8-9,12-17H2,1-3H3,(H,29,35)(H,30,31)/t22-,23+/m0/s1. The smallest absolute Gasteiger partial charge is 0.259 e. The van der Waals surface area contributed by atoms with E-state index in [1.165, 1.54) is 25.0 Å². The van der Waals surface area contributed by atoms with Gasteiger partial charge in [-0.3, -0.25) is 4.79 Å². The van der Waals surface area contributed by atoms with Crippen LogP contribution in [0, 0.1) is 5.41 Å². The van der Waals surface area contributed by atoms with Gasteiger partial charge in [-0.15, -0.1) is 0 Å². The largest absolute Gasteiger partial charge is 0.391 e. The molecule has 0 bridgehead atoms. The normalized spacial score (nSPS) is 22.9. The van der Waals surface area contributed by atoms with E-state index in [0.29, 0.717) is 28.3 Å². The van der Waals surface area contributed by atoms with Gasteiger partial charge in [0.15, 0.2) is 0 Å². The molecular weight excluding hydrogens is 502 g/mol. The molecule has 2 heterocycles. The van der Waals surface area contributed by atoms with Gasteiger partial charge < -0.3 is 20.6 Å². The number of pyridine rings is 1. The first kappa shape index (κ1) is 26.9. The molecule has 1 aromatic carbocycles. The molecule has 1 aromatic heterocycles. The molecule has 38 heavy (non-hydrogen) atoms. The summed E-state index contributed by atoms with van der Waals surface area (Å²) >= 11 is 0. The highest BCUT2D eigenvalue weighted by atomic mass is 32.2. The van der Waals surface area contributed by atoms with Crippen LogP contribution in [-0.2, 0) is 10.0 Å². The lowest BCUT2D eigenvalue weighted by atomic mass is 9.93. The fourth-order valence-corrected chi connectivity index (χ4v) is 6.98. The van der Waals surface area contributed by atoms with Crippen molar-refractivity contribution in [2.75, 3.05) is 28.6 Å². The quantitative estimate of drug-likeness (QED) is 0.416. The summed E-state index contributed by atoms with van der Waals surface area (Å²) in [6, 6.07) is 9.78. The number of hydrogen-bond acceptors (Lipinski definition) is 7. The van der Waals surface area contributed by atoms with Gasteiger partial charge in [0.25, 0.3) is 5.91 Å². The van der Waals surface area contributed by atoms with Crippen LogP contribution in [0.3, 0.4) is 0 Å². The predicted molar refractivity (Wildman–Crippen MR) is 149 cm³/mol. The summed E-state index contributed by atoms with van der Waals surface area (Å²) in [5.41, 5.74) is 0.687. The van der Waals surface area contributed by atoms with Gasteiger partial charge in [-0.25, -0.2) is 18.1 Å². The summed E-state index contributed by atoms with van der Waals surface area (Å²) in [5.74, 6) is 0.925.